The Hall–Kier alpha value is -2.24. The zero-order valence-electron chi connectivity index (χ0n) is 16.8. The van der Waals surface area contributed by atoms with Gasteiger partial charge in [-0.3, -0.25) is 15.0 Å². The Morgan fingerprint density at radius 1 is 1.11 bits per heavy atom. The van der Waals surface area contributed by atoms with E-state index in [-0.39, 0.29) is 6.04 Å². The Morgan fingerprint density at radius 3 is 2.57 bits per heavy atom. The molecule has 3 aromatic rings. The highest BCUT2D eigenvalue weighted by Gasteiger charge is 2.27. The minimum Gasteiger partial charge on any atom is -0.378 e. The number of piperidine rings is 1. The van der Waals surface area contributed by atoms with Gasteiger partial charge in [0, 0.05) is 30.5 Å². The molecule has 1 aliphatic heterocycles. The van der Waals surface area contributed by atoms with Crippen molar-refractivity contribution >= 4 is 28.3 Å². The second kappa shape index (κ2) is 9.80. The van der Waals surface area contributed by atoms with Gasteiger partial charge in [0.05, 0.1) is 16.6 Å². The first kappa shape index (κ1) is 20.5. The molecule has 1 N–H and O–H groups in total. The van der Waals surface area contributed by atoms with Gasteiger partial charge in [-0.15, -0.1) is 0 Å². The molecule has 1 aromatic carbocycles. The largest absolute Gasteiger partial charge is 0.378 e. The van der Waals surface area contributed by atoms with Crippen LogP contribution < -0.4 is 5.32 Å². The molecule has 1 fully saturated rings. The summed E-state index contributed by atoms with van der Waals surface area (Å²) in [6.45, 7) is 6.24. The van der Waals surface area contributed by atoms with Crippen molar-refractivity contribution in [2.45, 2.75) is 32.7 Å². The van der Waals surface area contributed by atoms with Crippen LogP contribution in [0.4, 0.5) is 5.69 Å². The molecule has 1 unspecified atom stereocenters. The standard InChI is InChI=1S/C20H22ClN5.C2H6/c1-26-9-4-14(5-10-26)19(15-3-2-6-22-13-15)25-16-11-17(21)20-18(12-16)23-7-8-24-20;1-2/h2-3,6-8,11-14,19,25H,4-5,9-10H2,1H3;1-2H3. The Balaban J connectivity index is 0.00000109. The fraction of sp³-hybridized carbons (Fsp3) is 0.409. The van der Waals surface area contributed by atoms with Crippen LogP contribution >= 0.6 is 11.6 Å². The van der Waals surface area contributed by atoms with Crippen LogP contribution in [0.5, 0.6) is 0 Å². The van der Waals surface area contributed by atoms with E-state index in [1.165, 1.54) is 5.56 Å². The molecule has 28 heavy (non-hydrogen) atoms. The maximum atomic E-state index is 6.44. The summed E-state index contributed by atoms with van der Waals surface area (Å²) in [5.41, 5.74) is 3.71. The molecule has 0 aliphatic carbocycles. The van der Waals surface area contributed by atoms with Crippen LogP contribution in [0.2, 0.25) is 5.02 Å². The molecule has 0 saturated carbocycles. The van der Waals surface area contributed by atoms with Crippen LogP contribution in [0.1, 0.15) is 38.3 Å². The van der Waals surface area contributed by atoms with Crippen LogP contribution in [0.25, 0.3) is 11.0 Å². The minimum absolute atomic E-state index is 0.197. The van der Waals surface area contributed by atoms with Crippen molar-refractivity contribution in [3.63, 3.8) is 0 Å². The third-order valence-electron chi connectivity index (χ3n) is 5.13. The topological polar surface area (TPSA) is 53.9 Å². The summed E-state index contributed by atoms with van der Waals surface area (Å²) in [6, 6.07) is 8.30. The summed E-state index contributed by atoms with van der Waals surface area (Å²) in [5.74, 6) is 0.548. The highest BCUT2D eigenvalue weighted by molar-refractivity contribution is 6.35. The van der Waals surface area contributed by atoms with Crippen LogP contribution in [-0.4, -0.2) is 40.0 Å². The van der Waals surface area contributed by atoms with Gasteiger partial charge in [0.2, 0.25) is 0 Å². The molecular formula is C22H28ClN5. The van der Waals surface area contributed by atoms with E-state index >= 15 is 0 Å². The first-order chi connectivity index (χ1) is 13.7. The number of fused-ring (bicyclic) bond motifs is 1. The molecule has 4 rings (SSSR count). The Morgan fingerprint density at radius 2 is 1.86 bits per heavy atom. The highest BCUT2D eigenvalue weighted by Crippen LogP contribution is 2.35. The van der Waals surface area contributed by atoms with Crippen LogP contribution in [0.3, 0.4) is 0 Å². The van der Waals surface area contributed by atoms with Gasteiger partial charge in [-0.2, -0.15) is 0 Å². The highest BCUT2D eigenvalue weighted by atomic mass is 35.5. The van der Waals surface area contributed by atoms with Crippen molar-refractivity contribution in [2.75, 3.05) is 25.5 Å². The molecule has 0 radical (unpaired) electrons. The summed E-state index contributed by atoms with van der Waals surface area (Å²) in [6.07, 6.45) is 9.45. The molecule has 2 aromatic heterocycles. The van der Waals surface area contributed by atoms with Crippen molar-refractivity contribution < 1.29 is 0 Å². The number of hydrogen-bond acceptors (Lipinski definition) is 5. The quantitative estimate of drug-likeness (QED) is 0.655. The predicted octanol–water partition coefficient (Wildman–Crippen LogP) is 5.20. The van der Waals surface area contributed by atoms with Crippen LogP contribution in [0.15, 0.2) is 49.1 Å². The van der Waals surface area contributed by atoms with Crippen molar-refractivity contribution in [1.82, 2.24) is 19.9 Å². The molecule has 6 heteroatoms. The lowest BCUT2D eigenvalue weighted by molar-refractivity contribution is 0.204. The van der Waals surface area contributed by atoms with Crippen molar-refractivity contribution in [1.29, 1.82) is 0 Å². The molecule has 5 nitrogen and oxygen atoms in total. The summed E-state index contributed by atoms with van der Waals surface area (Å²) < 4.78 is 0. The van der Waals surface area contributed by atoms with E-state index < -0.39 is 0 Å². The molecule has 1 aliphatic rings. The maximum Gasteiger partial charge on any atom is 0.107 e. The molecule has 0 spiro atoms. The first-order valence-corrected chi connectivity index (χ1v) is 10.3. The monoisotopic (exact) mass is 397 g/mol. The fourth-order valence-corrected chi connectivity index (χ4v) is 3.95. The lowest BCUT2D eigenvalue weighted by Gasteiger charge is -2.35. The number of anilines is 1. The van der Waals surface area contributed by atoms with Gasteiger partial charge >= 0.3 is 0 Å². The number of benzene rings is 1. The summed E-state index contributed by atoms with van der Waals surface area (Å²) >= 11 is 6.44. The predicted molar refractivity (Wildman–Crippen MR) is 117 cm³/mol. The number of aromatic nitrogens is 3. The zero-order valence-corrected chi connectivity index (χ0v) is 17.5. The lowest BCUT2D eigenvalue weighted by atomic mass is 9.86. The average molecular weight is 398 g/mol. The Labute approximate surface area is 172 Å². The van der Waals surface area contributed by atoms with Gasteiger partial charge in [0.1, 0.15) is 5.52 Å². The molecule has 0 bridgehead atoms. The third-order valence-corrected chi connectivity index (χ3v) is 5.42. The zero-order chi connectivity index (χ0) is 19.9. The number of rotatable bonds is 4. The van der Waals surface area contributed by atoms with Crippen molar-refractivity contribution in [2.24, 2.45) is 5.92 Å². The molecule has 1 saturated heterocycles. The van der Waals surface area contributed by atoms with Crippen molar-refractivity contribution in [3.8, 4) is 0 Å². The summed E-state index contributed by atoms with van der Waals surface area (Å²) in [5, 5.41) is 4.32. The van der Waals surface area contributed by atoms with E-state index in [1.807, 2.05) is 44.4 Å². The van der Waals surface area contributed by atoms with E-state index in [0.29, 0.717) is 10.9 Å². The van der Waals surface area contributed by atoms with Gasteiger partial charge in [-0.05, 0) is 62.7 Å². The average Bonchev–Trinajstić information content (AvgIpc) is 2.75. The Kier molecular flexibility index (Phi) is 7.18. The smallest absolute Gasteiger partial charge is 0.107 e. The molecule has 0 amide bonds. The number of pyridine rings is 1. The van der Waals surface area contributed by atoms with Crippen LogP contribution in [-0.2, 0) is 0 Å². The van der Waals surface area contributed by atoms with E-state index in [0.717, 1.165) is 42.7 Å². The second-order valence-electron chi connectivity index (χ2n) is 6.93. The number of nitrogens with one attached hydrogen (secondary N) is 1. The summed E-state index contributed by atoms with van der Waals surface area (Å²) in [4.78, 5) is 15.4. The van der Waals surface area contributed by atoms with E-state index in [4.69, 9.17) is 11.6 Å². The summed E-state index contributed by atoms with van der Waals surface area (Å²) in [7, 11) is 2.19. The number of nitrogens with zero attached hydrogens (tertiary/aromatic N) is 4. The van der Waals surface area contributed by atoms with Gasteiger partial charge in [0.15, 0.2) is 0 Å². The fourth-order valence-electron chi connectivity index (χ4n) is 3.69. The molecule has 3 heterocycles. The number of halogens is 1. The first-order valence-electron chi connectivity index (χ1n) is 9.96. The number of hydrogen-bond donors (Lipinski definition) is 1. The Bertz CT molecular complexity index is 878. The molecule has 148 valence electrons. The number of likely N-dealkylation sites (tertiary alicyclic amines) is 1. The van der Waals surface area contributed by atoms with E-state index in [9.17, 15) is 0 Å². The van der Waals surface area contributed by atoms with Crippen LogP contribution in [0, 0.1) is 5.92 Å². The van der Waals surface area contributed by atoms with Gasteiger partial charge in [0.25, 0.3) is 0 Å². The SMILES string of the molecule is CC.CN1CCC(C(Nc2cc(Cl)c3nccnc3c2)c2cccnc2)CC1. The van der Waals surface area contributed by atoms with Gasteiger partial charge < -0.3 is 10.2 Å². The maximum absolute atomic E-state index is 6.44. The van der Waals surface area contributed by atoms with Crippen molar-refractivity contribution in [3.05, 3.63) is 59.6 Å². The minimum atomic E-state index is 0.197. The van der Waals surface area contributed by atoms with E-state index in [1.54, 1.807) is 12.4 Å². The van der Waals surface area contributed by atoms with E-state index in [2.05, 4.69) is 38.3 Å². The van der Waals surface area contributed by atoms with Gasteiger partial charge in [-0.1, -0.05) is 31.5 Å². The second-order valence-corrected chi connectivity index (χ2v) is 7.34. The lowest BCUT2D eigenvalue weighted by Crippen LogP contribution is -2.34. The normalized spacial score (nSPS) is 16.3. The molecular weight excluding hydrogens is 370 g/mol. The molecule has 1 atom stereocenters. The third kappa shape index (κ3) is 4.78. The van der Waals surface area contributed by atoms with Gasteiger partial charge in [-0.25, -0.2) is 0 Å².